The van der Waals surface area contributed by atoms with Crippen LogP contribution in [0.1, 0.15) is 28.4 Å². The molecule has 0 aliphatic heterocycles. The van der Waals surface area contributed by atoms with Crippen molar-refractivity contribution >= 4 is 23.5 Å². The molecule has 0 heterocycles. The van der Waals surface area contributed by atoms with Crippen molar-refractivity contribution < 1.29 is 4.79 Å². The van der Waals surface area contributed by atoms with Gasteiger partial charge in [0, 0.05) is 44.8 Å². The number of amides is 1. The molecule has 0 radical (unpaired) electrons. The molecule has 0 unspecified atom stereocenters. The van der Waals surface area contributed by atoms with Crippen LogP contribution in [-0.2, 0) is 13.1 Å². The number of hydrogen-bond acceptors (Lipinski definition) is 2. The van der Waals surface area contributed by atoms with E-state index in [2.05, 4.69) is 10.2 Å². The summed E-state index contributed by atoms with van der Waals surface area (Å²) in [6, 6.07) is 15.4. The van der Waals surface area contributed by atoms with Gasteiger partial charge in [-0.25, -0.2) is 4.99 Å². The molecular weight excluding hydrogens is 360 g/mol. The van der Waals surface area contributed by atoms with Gasteiger partial charge < -0.3 is 15.1 Å². The maximum atomic E-state index is 12.0. The van der Waals surface area contributed by atoms with Gasteiger partial charge in [0.15, 0.2) is 5.96 Å². The minimum atomic E-state index is 0.00101. The summed E-state index contributed by atoms with van der Waals surface area (Å²) in [7, 11) is 5.51. The van der Waals surface area contributed by atoms with Gasteiger partial charge in [0.1, 0.15) is 0 Å². The van der Waals surface area contributed by atoms with Crippen LogP contribution in [-0.4, -0.2) is 49.4 Å². The fraction of sp³-hybridized carbons (Fsp3) is 0.333. The first kappa shape index (κ1) is 20.8. The Morgan fingerprint density at radius 2 is 1.59 bits per heavy atom. The lowest BCUT2D eigenvalue weighted by Gasteiger charge is -2.22. The summed E-state index contributed by atoms with van der Waals surface area (Å²) in [4.78, 5) is 20.3. The summed E-state index contributed by atoms with van der Waals surface area (Å²) in [6.07, 6.45) is 0. The lowest BCUT2D eigenvalue weighted by molar-refractivity contribution is 0.0827. The third-order valence-corrected chi connectivity index (χ3v) is 4.30. The second-order valence-electron chi connectivity index (χ2n) is 6.55. The normalized spacial score (nSPS) is 11.2. The Labute approximate surface area is 166 Å². The molecule has 0 saturated heterocycles. The van der Waals surface area contributed by atoms with Crippen LogP contribution in [0.4, 0.5) is 0 Å². The Kier molecular flexibility index (Phi) is 7.67. The molecule has 2 aromatic carbocycles. The van der Waals surface area contributed by atoms with Gasteiger partial charge in [-0.1, -0.05) is 35.9 Å². The van der Waals surface area contributed by atoms with Gasteiger partial charge >= 0.3 is 0 Å². The number of hydrogen-bond donors (Lipinski definition) is 1. The van der Waals surface area contributed by atoms with Crippen molar-refractivity contribution in [2.45, 2.75) is 20.0 Å². The van der Waals surface area contributed by atoms with Crippen molar-refractivity contribution in [3.63, 3.8) is 0 Å². The van der Waals surface area contributed by atoms with Crippen molar-refractivity contribution in [2.24, 2.45) is 4.99 Å². The molecular formula is C21H27ClN4O. The molecule has 2 aromatic rings. The highest BCUT2D eigenvalue weighted by atomic mass is 35.5. The van der Waals surface area contributed by atoms with Gasteiger partial charge in [-0.15, -0.1) is 0 Å². The van der Waals surface area contributed by atoms with Crippen LogP contribution in [0.5, 0.6) is 0 Å². The highest BCUT2D eigenvalue weighted by Gasteiger charge is 2.09. The number of carbonyl (C=O) groups excluding carboxylic acids is 1. The first-order chi connectivity index (χ1) is 12.9. The Morgan fingerprint density at radius 1 is 1.00 bits per heavy atom. The average molecular weight is 387 g/mol. The van der Waals surface area contributed by atoms with Crippen LogP contribution >= 0.6 is 11.6 Å². The van der Waals surface area contributed by atoms with Crippen molar-refractivity contribution in [2.75, 3.05) is 27.7 Å². The predicted octanol–water partition coefficient (Wildman–Crippen LogP) is 3.64. The third kappa shape index (κ3) is 6.29. The summed E-state index contributed by atoms with van der Waals surface area (Å²) in [5.41, 5.74) is 2.90. The minimum absolute atomic E-state index is 0.00101. The summed E-state index contributed by atoms with van der Waals surface area (Å²) in [5.74, 6) is 0.835. The first-order valence-corrected chi connectivity index (χ1v) is 9.33. The summed E-state index contributed by atoms with van der Waals surface area (Å²) in [6.45, 7) is 4.12. The highest BCUT2D eigenvalue weighted by molar-refractivity contribution is 6.30. The molecule has 2 rings (SSSR count). The molecule has 0 aliphatic carbocycles. The Balaban J connectivity index is 2.05. The van der Waals surface area contributed by atoms with Crippen molar-refractivity contribution in [3.8, 4) is 0 Å². The lowest BCUT2D eigenvalue weighted by Crippen LogP contribution is -2.38. The maximum Gasteiger partial charge on any atom is 0.253 e. The Hall–Kier alpha value is -2.53. The number of aliphatic imine (C=N–C) groups is 1. The summed E-state index contributed by atoms with van der Waals surface area (Å²) >= 11 is 5.95. The quantitative estimate of drug-likeness (QED) is 0.609. The number of halogens is 1. The average Bonchev–Trinajstić information content (AvgIpc) is 2.66. The van der Waals surface area contributed by atoms with E-state index in [1.54, 1.807) is 19.0 Å². The minimum Gasteiger partial charge on any atom is -0.357 e. The lowest BCUT2D eigenvalue weighted by atomic mass is 10.1. The van der Waals surface area contributed by atoms with E-state index < -0.39 is 0 Å². The number of nitrogens with one attached hydrogen (secondary N) is 1. The fourth-order valence-electron chi connectivity index (χ4n) is 2.59. The molecule has 0 atom stereocenters. The monoisotopic (exact) mass is 386 g/mol. The number of rotatable bonds is 6. The van der Waals surface area contributed by atoms with E-state index in [1.165, 1.54) is 5.56 Å². The third-order valence-electron chi connectivity index (χ3n) is 4.05. The molecule has 0 saturated carbocycles. The summed E-state index contributed by atoms with van der Waals surface area (Å²) in [5, 5.41) is 4.05. The zero-order chi connectivity index (χ0) is 19.8. The second-order valence-corrected chi connectivity index (χ2v) is 6.99. The Morgan fingerprint density at radius 3 is 2.15 bits per heavy atom. The van der Waals surface area contributed by atoms with Gasteiger partial charge in [0.2, 0.25) is 0 Å². The topological polar surface area (TPSA) is 47.9 Å². The van der Waals surface area contributed by atoms with Gasteiger partial charge in [-0.2, -0.15) is 0 Å². The van der Waals surface area contributed by atoms with Crippen LogP contribution in [0.15, 0.2) is 53.5 Å². The molecule has 1 N–H and O–H groups in total. The molecule has 0 spiro atoms. The van der Waals surface area contributed by atoms with E-state index >= 15 is 0 Å². The van der Waals surface area contributed by atoms with E-state index in [0.29, 0.717) is 12.1 Å². The highest BCUT2D eigenvalue weighted by Crippen LogP contribution is 2.12. The second kappa shape index (κ2) is 9.97. The number of guanidine groups is 1. The standard InChI is InChI=1S/C21H27ClN4O/c1-5-23-21(26(4)15-17-8-12-19(22)13-9-17)24-14-16-6-10-18(11-7-16)20(27)25(2)3/h6-13H,5,14-15H2,1-4H3,(H,23,24). The SMILES string of the molecule is CCNC(=NCc1ccc(C(=O)N(C)C)cc1)N(C)Cc1ccc(Cl)cc1. The molecule has 1 amide bonds. The van der Waals surface area contributed by atoms with Crippen molar-refractivity contribution in [1.82, 2.24) is 15.1 Å². The molecule has 5 nitrogen and oxygen atoms in total. The van der Waals surface area contributed by atoms with Crippen LogP contribution in [0, 0.1) is 0 Å². The number of benzene rings is 2. The molecule has 6 heteroatoms. The Bertz CT molecular complexity index is 770. The van der Waals surface area contributed by atoms with Gasteiger partial charge in [0.25, 0.3) is 5.91 Å². The largest absolute Gasteiger partial charge is 0.357 e. The van der Waals surface area contributed by atoms with Crippen LogP contribution in [0.25, 0.3) is 0 Å². The van der Waals surface area contributed by atoms with E-state index in [0.717, 1.165) is 29.6 Å². The van der Waals surface area contributed by atoms with Crippen molar-refractivity contribution in [1.29, 1.82) is 0 Å². The summed E-state index contributed by atoms with van der Waals surface area (Å²) < 4.78 is 0. The molecule has 27 heavy (non-hydrogen) atoms. The number of nitrogens with zero attached hydrogens (tertiary/aromatic N) is 3. The molecule has 144 valence electrons. The molecule has 0 aliphatic rings. The van der Waals surface area contributed by atoms with Gasteiger partial charge in [0.05, 0.1) is 6.54 Å². The molecule has 0 bridgehead atoms. The van der Waals surface area contributed by atoms with E-state index in [4.69, 9.17) is 16.6 Å². The molecule has 0 fully saturated rings. The molecule has 0 aromatic heterocycles. The van der Waals surface area contributed by atoms with Gasteiger partial charge in [-0.05, 0) is 42.3 Å². The smallest absolute Gasteiger partial charge is 0.253 e. The zero-order valence-corrected chi connectivity index (χ0v) is 17.1. The first-order valence-electron chi connectivity index (χ1n) is 8.95. The fourth-order valence-corrected chi connectivity index (χ4v) is 2.71. The number of carbonyl (C=O) groups is 1. The van der Waals surface area contributed by atoms with Crippen molar-refractivity contribution in [3.05, 3.63) is 70.2 Å². The van der Waals surface area contributed by atoms with Crippen LogP contribution < -0.4 is 5.32 Å². The maximum absolute atomic E-state index is 12.0. The van der Waals surface area contributed by atoms with Crippen LogP contribution in [0.2, 0.25) is 5.02 Å². The van der Waals surface area contributed by atoms with E-state index in [-0.39, 0.29) is 5.91 Å². The van der Waals surface area contributed by atoms with Crippen LogP contribution in [0.3, 0.4) is 0 Å². The van der Waals surface area contributed by atoms with E-state index in [9.17, 15) is 4.79 Å². The zero-order valence-electron chi connectivity index (χ0n) is 16.4. The van der Waals surface area contributed by atoms with E-state index in [1.807, 2.05) is 62.5 Å². The predicted molar refractivity (Wildman–Crippen MR) is 112 cm³/mol. The van der Waals surface area contributed by atoms with Gasteiger partial charge in [-0.3, -0.25) is 4.79 Å².